The van der Waals surface area contributed by atoms with Crippen LogP contribution in [0.1, 0.15) is 0 Å². The zero-order valence-electron chi connectivity index (χ0n) is 37.3. The average Bonchev–Trinajstić information content (AvgIpc) is 3.93. The fraction of sp³-hybridized carbons (Fsp3) is 0. The van der Waals surface area contributed by atoms with Crippen molar-refractivity contribution in [2.45, 2.75) is 0 Å². The van der Waals surface area contributed by atoms with Crippen molar-refractivity contribution in [2.75, 3.05) is 0 Å². The number of rotatable bonds is 8. The minimum Gasteiger partial charge on any atom is -0.309 e. The maximum absolute atomic E-state index is 2.46. The monoisotopic (exact) mass is 864 g/mol. The molecule has 0 saturated carbocycles. The first-order valence-electron chi connectivity index (χ1n) is 23.4. The van der Waals surface area contributed by atoms with E-state index < -0.39 is 0 Å². The predicted octanol–water partition coefficient (Wildman–Crippen LogP) is 17.9. The quantitative estimate of drug-likeness (QED) is 0.144. The summed E-state index contributed by atoms with van der Waals surface area (Å²) >= 11 is 0. The second kappa shape index (κ2) is 16.5. The minimum absolute atomic E-state index is 1.13. The summed E-state index contributed by atoms with van der Waals surface area (Å²) in [6.45, 7) is 0. The highest BCUT2D eigenvalue weighted by atomic mass is 15.0. The van der Waals surface area contributed by atoms with Crippen LogP contribution in [0.3, 0.4) is 0 Å². The molecule has 0 amide bonds. The standard InChI is InChI=1S/C66H44N2/c1-6-18-45(19-7-1)50-30-33-65-61(42-50)62-44-52(32-35-66(62)68(65)58-40-55(48-24-12-4-13-25-48)37-56(41-58)49-26-14-5-15-27-49)51-31-34-64-60(43-51)59-28-16-17-29-63(59)67(64)57-38-53(46-20-8-2-9-21-46)36-54(39-57)47-22-10-3-11-23-47/h1-44H. The van der Waals surface area contributed by atoms with Crippen LogP contribution in [0, 0.1) is 0 Å². The van der Waals surface area contributed by atoms with Crippen LogP contribution in [0.4, 0.5) is 0 Å². The van der Waals surface area contributed by atoms with Gasteiger partial charge in [0.05, 0.1) is 22.1 Å². The molecular weight excluding hydrogens is 821 g/mol. The lowest BCUT2D eigenvalue weighted by molar-refractivity contribution is 1.18. The average molecular weight is 865 g/mol. The summed E-state index contributed by atoms with van der Waals surface area (Å²) in [4.78, 5) is 0. The molecule has 0 bridgehead atoms. The third kappa shape index (κ3) is 6.90. The van der Waals surface area contributed by atoms with Crippen LogP contribution in [0.5, 0.6) is 0 Å². The van der Waals surface area contributed by atoms with Gasteiger partial charge >= 0.3 is 0 Å². The van der Waals surface area contributed by atoms with Gasteiger partial charge in [-0.3, -0.25) is 0 Å². The Hall–Kier alpha value is -8.98. The molecule has 0 fully saturated rings. The highest BCUT2D eigenvalue weighted by Gasteiger charge is 2.19. The van der Waals surface area contributed by atoms with Crippen molar-refractivity contribution in [3.63, 3.8) is 0 Å². The van der Waals surface area contributed by atoms with E-state index in [-0.39, 0.29) is 0 Å². The molecule has 0 aliphatic heterocycles. The fourth-order valence-electron chi connectivity index (χ4n) is 10.4. The van der Waals surface area contributed by atoms with Crippen molar-refractivity contribution in [1.82, 2.24) is 9.13 Å². The van der Waals surface area contributed by atoms with Gasteiger partial charge in [0.2, 0.25) is 0 Å². The highest BCUT2D eigenvalue weighted by Crippen LogP contribution is 2.42. The molecule has 11 aromatic carbocycles. The second-order valence-corrected chi connectivity index (χ2v) is 17.8. The van der Waals surface area contributed by atoms with Gasteiger partial charge in [0, 0.05) is 32.9 Å². The lowest BCUT2D eigenvalue weighted by Crippen LogP contribution is -1.96. The van der Waals surface area contributed by atoms with Crippen molar-refractivity contribution in [3.8, 4) is 78.1 Å². The SMILES string of the molecule is c1ccc(-c2cc(-c3ccccc3)cc(-n3c4ccccc4c4cc(-c5ccc6c(c5)c5cc(-c7ccccc7)ccc5n6-c5cc(-c6ccccc6)cc(-c6ccccc6)c5)ccc43)c2)cc1. The first-order chi connectivity index (χ1) is 33.7. The van der Waals surface area contributed by atoms with E-state index in [0.29, 0.717) is 0 Å². The topological polar surface area (TPSA) is 9.86 Å². The summed E-state index contributed by atoms with van der Waals surface area (Å²) in [6, 6.07) is 97.6. The molecule has 0 aliphatic carbocycles. The van der Waals surface area contributed by atoms with Gasteiger partial charge in [-0.1, -0.05) is 188 Å². The summed E-state index contributed by atoms with van der Waals surface area (Å²) in [5, 5.41) is 4.90. The van der Waals surface area contributed by atoms with Gasteiger partial charge in [0.1, 0.15) is 0 Å². The molecule has 13 rings (SSSR count). The third-order valence-corrected chi connectivity index (χ3v) is 13.7. The normalized spacial score (nSPS) is 11.5. The number of hydrogen-bond acceptors (Lipinski definition) is 0. The number of para-hydroxylation sites is 1. The Bertz CT molecular complexity index is 3860. The molecule has 0 unspecified atom stereocenters. The minimum atomic E-state index is 1.13. The smallest absolute Gasteiger partial charge is 0.0541 e. The Balaban J connectivity index is 1.01. The van der Waals surface area contributed by atoms with Crippen LogP contribution in [-0.4, -0.2) is 9.13 Å². The van der Waals surface area contributed by atoms with Crippen molar-refractivity contribution in [3.05, 3.63) is 267 Å². The van der Waals surface area contributed by atoms with E-state index in [2.05, 4.69) is 276 Å². The zero-order chi connectivity index (χ0) is 45.0. The van der Waals surface area contributed by atoms with E-state index >= 15 is 0 Å². The Kier molecular flexibility index (Phi) is 9.54. The van der Waals surface area contributed by atoms with Crippen LogP contribution in [0.2, 0.25) is 0 Å². The molecule has 0 radical (unpaired) electrons. The zero-order valence-corrected chi connectivity index (χ0v) is 37.3. The van der Waals surface area contributed by atoms with Gasteiger partial charge in [-0.05, 0) is 146 Å². The molecule has 0 N–H and O–H groups in total. The maximum Gasteiger partial charge on any atom is 0.0541 e. The molecule has 2 heteroatoms. The van der Waals surface area contributed by atoms with Crippen LogP contribution >= 0.6 is 0 Å². The molecule has 2 aromatic heterocycles. The Labute approximate surface area is 395 Å². The molecule has 13 aromatic rings. The van der Waals surface area contributed by atoms with Gasteiger partial charge in [-0.15, -0.1) is 0 Å². The van der Waals surface area contributed by atoms with Crippen LogP contribution in [0.15, 0.2) is 267 Å². The van der Waals surface area contributed by atoms with Crippen LogP contribution < -0.4 is 0 Å². The van der Waals surface area contributed by atoms with E-state index in [4.69, 9.17) is 0 Å². The molecule has 2 heterocycles. The van der Waals surface area contributed by atoms with E-state index in [0.717, 1.165) is 11.4 Å². The lowest BCUT2D eigenvalue weighted by Gasteiger charge is -2.14. The molecule has 0 saturated heterocycles. The Morgan fingerprint density at radius 1 is 0.162 bits per heavy atom. The third-order valence-electron chi connectivity index (χ3n) is 13.7. The summed E-state index contributed by atoms with van der Waals surface area (Å²) in [6.07, 6.45) is 0. The second-order valence-electron chi connectivity index (χ2n) is 17.8. The Morgan fingerprint density at radius 3 is 0.779 bits per heavy atom. The molecule has 318 valence electrons. The van der Waals surface area contributed by atoms with E-state index in [1.54, 1.807) is 0 Å². The molecule has 0 aliphatic rings. The molecule has 0 spiro atoms. The van der Waals surface area contributed by atoms with Gasteiger partial charge in [-0.2, -0.15) is 0 Å². The summed E-state index contributed by atoms with van der Waals surface area (Å²) in [5.41, 5.74) is 21.3. The first kappa shape index (κ1) is 39.4. The highest BCUT2D eigenvalue weighted by molar-refractivity contribution is 6.13. The molecule has 68 heavy (non-hydrogen) atoms. The van der Waals surface area contributed by atoms with Crippen molar-refractivity contribution >= 4 is 43.6 Å². The molecular formula is C66H44N2. The summed E-state index contributed by atoms with van der Waals surface area (Å²) in [5.74, 6) is 0. The van der Waals surface area contributed by atoms with E-state index in [9.17, 15) is 0 Å². The molecule has 2 nitrogen and oxygen atoms in total. The summed E-state index contributed by atoms with van der Waals surface area (Å²) < 4.78 is 4.91. The first-order valence-corrected chi connectivity index (χ1v) is 23.4. The van der Waals surface area contributed by atoms with Gasteiger partial charge in [-0.25, -0.2) is 0 Å². The number of nitrogens with zero attached hydrogens (tertiary/aromatic N) is 2. The lowest BCUT2D eigenvalue weighted by atomic mass is 9.98. The van der Waals surface area contributed by atoms with Crippen molar-refractivity contribution < 1.29 is 0 Å². The van der Waals surface area contributed by atoms with Gasteiger partial charge in [0.25, 0.3) is 0 Å². The Morgan fingerprint density at radius 2 is 0.426 bits per heavy atom. The van der Waals surface area contributed by atoms with Gasteiger partial charge in [0.15, 0.2) is 0 Å². The predicted molar refractivity (Wildman–Crippen MR) is 288 cm³/mol. The van der Waals surface area contributed by atoms with E-state index in [1.165, 1.54) is 110 Å². The number of fused-ring (bicyclic) bond motifs is 6. The van der Waals surface area contributed by atoms with Crippen molar-refractivity contribution in [1.29, 1.82) is 0 Å². The maximum atomic E-state index is 2.46. The fourth-order valence-corrected chi connectivity index (χ4v) is 10.4. The molecule has 0 atom stereocenters. The summed E-state index contributed by atoms with van der Waals surface area (Å²) in [7, 11) is 0. The van der Waals surface area contributed by atoms with Crippen LogP contribution in [0.25, 0.3) is 122 Å². The van der Waals surface area contributed by atoms with Crippen molar-refractivity contribution in [2.24, 2.45) is 0 Å². The van der Waals surface area contributed by atoms with Gasteiger partial charge < -0.3 is 9.13 Å². The number of benzene rings is 11. The largest absolute Gasteiger partial charge is 0.309 e. The van der Waals surface area contributed by atoms with Crippen LogP contribution in [-0.2, 0) is 0 Å². The number of aromatic nitrogens is 2. The van der Waals surface area contributed by atoms with E-state index in [1.807, 2.05) is 0 Å². The number of hydrogen-bond donors (Lipinski definition) is 0.